The van der Waals surface area contributed by atoms with E-state index >= 15 is 0 Å². The Bertz CT molecular complexity index is 642. The predicted molar refractivity (Wildman–Crippen MR) is 98.2 cm³/mol. The molecule has 0 spiro atoms. The summed E-state index contributed by atoms with van der Waals surface area (Å²) in [4.78, 5) is 0. The number of hydrogen-bond acceptors (Lipinski definition) is 0. The van der Waals surface area contributed by atoms with Gasteiger partial charge in [-0.05, 0) is 48.9 Å². The lowest BCUT2D eigenvalue weighted by atomic mass is 9.97. The van der Waals surface area contributed by atoms with Crippen molar-refractivity contribution in [3.8, 4) is 11.1 Å². The molecule has 0 aliphatic rings. The van der Waals surface area contributed by atoms with E-state index < -0.39 is 0 Å². The van der Waals surface area contributed by atoms with Gasteiger partial charge in [-0.3, -0.25) is 0 Å². The highest BCUT2D eigenvalue weighted by Crippen LogP contribution is 2.23. The minimum Gasteiger partial charge on any atom is -0.0846 e. The lowest BCUT2D eigenvalue weighted by Crippen LogP contribution is -1.89. The molecule has 114 valence electrons. The fraction of sp³-hybridized carbons (Fsp3) is 0.273. The molecule has 0 saturated heterocycles. The molecule has 0 amide bonds. The molecule has 22 heavy (non-hydrogen) atoms. The minimum absolute atomic E-state index is 0.988. The van der Waals surface area contributed by atoms with Gasteiger partial charge in [0.05, 0.1) is 0 Å². The number of allylic oxidation sites excluding steroid dienone is 4. The zero-order valence-corrected chi connectivity index (χ0v) is 14.0. The summed E-state index contributed by atoms with van der Waals surface area (Å²) in [6, 6.07) is 15.5. The van der Waals surface area contributed by atoms with Crippen molar-refractivity contribution in [2.24, 2.45) is 0 Å². The largest absolute Gasteiger partial charge is 0.0846 e. The van der Waals surface area contributed by atoms with E-state index in [0.29, 0.717) is 0 Å². The van der Waals surface area contributed by atoms with Gasteiger partial charge in [-0.25, -0.2) is 0 Å². The Morgan fingerprint density at radius 2 is 1.50 bits per heavy atom. The highest BCUT2D eigenvalue weighted by molar-refractivity contribution is 5.65. The van der Waals surface area contributed by atoms with Crippen LogP contribution in [0.5, 0.6) is 0 Å². The van der Waals surface area contributed by atoms with Crippen molar-refractivity contribution in [2.75, 3.05) is 0 Å². The van der Waals surface area contributed by atoms with Gasteiger partial charge in [0, 0.05) is 0 Å². The highest BCUT2D eigenvalue weighted by Gasteiger charge is 2.01. The lowest BCUT2D eigenvalue weighted by molar-refractivity contribution is 0.959. The molecule has 2 aromatic carbocycles. The van der Waals surface area contributed by atoms with Gasteiger partial charge in [0.25, 0.3) is 0 Å². The van der Waals surface area contributed by atoms with E-state index in [-0.39, 0.29) is 0 Å². The summed E-state index contributed by atoms with van der Waals surface area (Å²) < 4.78 is 0. The standard InChI is InChI=1S/C22H26/c1-4-5-6-7-8-9-10-21-17-22(16-13-19(21)3)20-14-11-18(2)12-15-20/h6-9,11-17H,4-5,10H2,1-3H3/b7-6-,9-8-. The van der Waals surface area contributed by atoms with E-state index in [4.69, 9.17) is 0 Å². The summed E-state index contributed by atoms with van der Waals surface area (Å²) in [5.41, 5.74) is 6.66. The number of rotatable bonds is 6. The maximum absolute atomic E-state index is 2.32. The van der Waals surface area contributed by atoms with Crippen molar-refractivity contribution in [1.29, 1.82) is 0 Å². The Kier molecular flexibility index (Phi) is 6.21. The van der Waals surface area contributed by atoms with Crippen molar-refractivity contribution >= 4 is 0 Å². The molecule has 0 fully saturated rings. The smallest absolute Gasteiger partial charge is 0.00915 e. The number of hydrogen-bond donors (Lipinski definition) is 0. The van der Waals surface area contributed by atoms with Crippen LogP contribution in [0, 0.1) is 13.8 Å². The van der Waals surface area contributed by atoms with Crippen LogP contribution in [0.4, 0.5) is 0 Å². The van der Waals surface area contributed by atoms with Gasteiger partial charge in [0.2, 0.25) is 0 Å². The van der Waals surface area contributed by atoms with E-state index in [9.17, 15) is 0 Å². The molecule has 0 saturated carbocycles. The summed E-state index contributed by atoms with van der Waals surface area (Å²) in [7, 11) is 0. The van der Waals surface area contributed by atoms with Crippen molar-refractivity contribution < 1.29 is 0 Å². The molecule has 0 radical (unpaired) electrons. The Morgan fingerprint density at radius 1 is 0.818 bits per heavy atom. The first-order chi connectivity index (χ1) is 10.7. The van der Waals surface area contributed by atoms with Crippen molar-refractivity contribution in [3.05, 3.63) is 83.5 Å². The number of aryl methyl sites for hydroxylation is 2. The van der Waals surface area contributed by atoms with E-state index in [1.165, 1.54) is 34.2 Å². The second kappa shape index (κ2) is 8.38. The first kappa shape index (κ1) is 16.3. The average molecular weight is 290 g/mol. The Labute approximate surface area is 135 Å². The first-order valence-electron chi connectivity index (χ1n) is 8.19. The molecule has 0 aromatic heterocycles. The molecule has 0 N–H and O–H groups in total. The maximum Gasteiger partial charge on any atom is -0.00915 e. The van der Waals surface area contributed by atoms with E-state index in [0.717, 1.165) is 12.8 Å². The average Bonchev–Trinajstić information content (AvgIpc) is 2.53. The number of unbranched alkanes of at least 4 members (excludes halogenated alkanes) is 1. The van der Waals surface area contributed by atoms with E-state index in [2.05, 4.69) is 87.5 Å². The molecule has 0 aliphatic heterocycles. The van der Waals surface area contributed by atoms with Crippen LogP contribution < -0.4 is 0 Å². The monoisotopic (exact) mass is 290 g/mol. The molecule has 0 aliphatic carbocycles. The van der Waals surface area contributed by atoms with Crippen LogP contribution in [-0.4, -0.2) is 0 Å². The van der Waals surface area contributed by atoms with Crippen LogP contribution >= 0.6 is 0 Å². The molecule has 0 bridgehead atoms. The molecule has 2 rings (SSSR count). The molecule has 2 aromatic rings. The quantitative estimate of drug-likeness (QED) is 0.538. The van der Waals surface area contributed by atoms with Crippen LogP contribution in [-0.2, 0) is 6.42 Å². The van der Waals surface area contributed by atoms with Gasteiger partial charge in [-0.15, -0.1) is 0 Å². The zero-order valence-electron chi connectivity index (χ0n) is 14.0. The second-order valence-corrected chi connectivity index (χ2v) is 5.86. The van der Waals surface area contributed by atoms with Crippen LogP contribution in [0.25, 0.3) is 11.1 Å². The molecule has 0 unspecified atom stereocenters. The Morgan fingerprint density at radius 3 is 2.23 bits per heavy atom. The molecule has 0 heterocycles. The molecular formula is C22H26. The van der Waals surface area contributed by atoms with Gasteiger partial charge in [0.15, 0.2) is 0 Å². The van der Waals surface area contributed by atoms with Gasteiger partial charge >= 0.3 is 0 Å². The molecule has 0 nitrogen and oxygen atoms in total. The van der Waals surface area contributed by atoms with Crippen molar-refractivity contribution in [2.45, 2.75) is 40.0 Å². The van der Waals surface area contributed by atoms with Crippen molar-refractivity contribution in [3.63, 3.8) is 0 Å². The Hall–Kier alpha value is -2.08. The molecule has 0 heteroatoms. The highest BCUT2D eigenvalue weighted by atomic mass is 14.1. The third-order valence-corrected chi connectivity index (χ3v) is 3.91. The first-order valence-corrected chi connectivity index (χ1v) is 8.19. The van der Waals surface area contributed by atoms with Crippen LogP contribution in [0.2, 0.25) is 0 Å². The minimum atomic E-state index is 0.988. The third kappa shape index (κ3) is 4.73. The van der Waals surface area contributed by atoms with Gasteiger partial charge in [-0.2, -0.15) is 0 Å². The third-order valence-electron chi connectivity index (χ3n) is 3.91. The Balaban J connectivity index is 2.11. The normalized spacial score (nSPS) is 11.6. The summed E-state index contributed by atoms with van der Waals surface area (Å²) in [6.07, 6.45) is 12.1. The van der Waals surface area contributed by atoms with Gasteiger partial charge in [0.1, 0.15) is 0 Å². The van der Waals surface area contributed by atoms with E-state index in [1.807, 2.05) is 0 Å². The van der Waals surface area contributed by atoms with Crippen LogP contribution in [0.15, 0.2) is 66.8 Å². The fourth-order valence-corrected chi connectivity index (χ4v) is 2.43. The van der Waals surface area contributed by atoms with Gasteiger partial charge < -0.3 is 0 Å². The SMILES string of the molecule is CCC/C=C\C=C/Cc1cc(-c2ccc(C)cc2)ccc1C. The number of benzene rings is 2. The summed E-state index contributed by atoms with van der Waals surface area (Å²) in [6.45, 7) is 6.52. The summed E-state index contributed by atoms with van der Waals surface area (Å²) in [5.74, 6) is 0. The maximum atomic E-state index is 2.32. The zero-order chi connectivity index (χ0) is 15.8. The predicted octanol–water partition coefficient (Wildman–Crippen LogP) is 6.43. The lowest BCUT2D eigenvalue weighted by Gasteiger charge is -2.08. The van der Waals surface area contributed by atoms with E-state index in [1.54, 1.807) is 0 Å². The van der Waals surface area contributed by atoms with Crippen LogP contribution in [0.3, 0.4) is 0 Å². The summed E-state index contributed by atoms with van der Waals surface area (Å²) in [5, 5.41) is 0. The second-order valence-electron chi connectivity index (χ2n) is 5.86. The van der Waals surface area contributed by atoms with Crippen LogP contribution in [0.1, 0.15) is 36.5 Å². The summed E-state index contributed by atoms with van der Waals surface area (Å²) >= 11 is 0. The molecular weight excluding hydrogens is 264 g/mol. The topological polar surface area (TPSA) is 0 Å². The fourth-order valence-electron chi connectivity index (χ4n) is 2.43. The van der Waals surface area contributed by atoms with Crippen molar-refractivity contribution in [1.82, 2.24) is 0 Å². The molecule has 0 atom stereocenters. The van der Waals surface area contributed by atoms with Gasteiger partial charge in [-0.1, -0.05) is 85.7 Å².